The van der Waals surface area contributed by atoms with Gasteiger partial charge >= 0.3 is 0 Å². The van der Waals surface area contributed by atoms with Crippen molar-refractivity contribution in [2.75, 3.05) is 14.2 Å². The number of methoxy groups -OCH3 is 2. The highest BCUT2D eigenvalue weighted by molar-refractivity contribution is 5.83. The number of aldehydes is 1. The number of hydrogen-bond acceptors (Lipinski definition) is 4. The maximum absolute atomic E-state index is 11.3. The molecule has 0 radical (unpaired) electrons. The molecule has 2 aromatic carbocycles. The minimum atomic E-state index is 0.365. The second-order valence-corrected chi connectivity index (χ2v) is 4.55. The summed E-state index contributed by atoms with van der Waals surface area (Å²) in [6, 6.07) is 11.4. The lowest BCUT2D eigenvalue weighted by Crippen LogP contribution is -2.03. The Morgan fingerprint density at radius 3 is 2.33 bits per heavy atom. The monoisotopic (exact) mass is 286 g/mol. The van der Waals surface area contributed by atoms with Crippen molar-refractivity contribution in [1.29, 1.82) is 0 Å². The highest BCUT2D eigenvalue weighted by atomic mass is 16.5. The van der Waals surface area contributed by atoms with E-state index in [1.807, 2.05) is 37.3 Å². The number of carbonyl (C=O) groups is 1. The first-order valence-corrected chi connectivity index (χ1v) is 6.58. The molecule has 21 heavy (non-hydrogen) atoms. The van der Waals surface area contributed by atoms with Crippen molar-refractivity contribution in [2.24, 2.45) is 0 Å². The van der Waals surface area contributed by atoms with Gasteiger partial charge in [-0.1, -0.05) is 30.3 Å². The molecule has 2 aromatic rings. The van der Waals surface area contributed by atoms with Gasteiger partial charge in [-0.3, -0.25) is 4.79 Å². The maximum Gasteiger partial charge on any atom is 0.172 e. The molecule has 0 spiro atoms. The van der Waals surface area contributed by atoms with E-state index in [2.05, 4.69) is 0 Å². The van der Waals surface area contributed by atoms with Crippen molar-refractivity contribution < 1.29 is 19.0 Å². The fraction of sp³-hybridized carbons (Fsp3) is 0.235. The molecule has 0 amide bonds. The number of hydrogen-bond donors (Lipinski definition) is 0. The molecule has 0 bridgehead atoms. The van der Waals surface area contributed by atoms with Crippen molar-refractivity contribution in [3.8, 4) is 17.2 Å². The summed E-state index contributed by atoms with van der Waals surface area (Å²) in [7, 11) is 3.10. The summed E-state index contributed by atoms with van der Waals surface area (Å²) >= 11 is 0. The average Bonchev–Trinajstić information content (AvgIpc) is 2.53. The van der Waals surface area contributed by atoms with Crippen LogP contribution in [0, 0.1) is 6.92 Å². The molecule has 0 N–H and O–H groups in total. The predicted molar refractivity (Wildman–Crippen MR) is 80.4 cm³/mol. The van der Waals surface area contributed by atoms with Crippen LogP contribution in [-0.4, -0.2) is 20.5 Å². The van der Waals surface area contributed by atoms with Crippen molar-refractivity contribution in [1.82, 2.24) is 0 Å². The van der Waals surface area contributed by atoms with Crippen LogP contribution in [0.1, 0.15) is 21.5 Å². The molecule has 0 unspecified atom stereocenters. The highest BCUT2D eigenvalue weighted by Crippen LogP contribution is 2.39. The third-order valence-corrected chi connectivity index (χ3v) is 3.24. The molecule has 0 atom stereocenters. The minimum Gasteiger partial charge on any atom is -0.496 e. The highest BCUT2D eigenvalue weighted by Gasteiger charge is 2.18. The summed E-state index contributed by atoms with van der Waals surface area (Å²) in [5.74, 6) is 1.56. The zero-order valence-corrected chi connectivity index (χ0v) is 12.4. The van der Waals surface area contributed by atoms with Gasteiger partial charge in [-0.05, 0) is 18.6 Å². The van der Waals surface area contributed by atoms with E-state index in [4.69, 9.17) is 14.2 Å². The van der Waals surface area contributed by atoms with Gasteiger partial charge in [0, 0.05) is 5.56 Å². The van der Waals surface area contributed by atoms with Crippen LogP contribution in [0.2, 0.25) is 0 Å². The van der Waals surface area contributed by atoms with Crippen LogP contribution in [0.25, 0.3) is 0 Å². The molecule has 0 fully saturated rings. The van der Waals surface area contributed by atoms with Gasteiger partial charge in [-0.2, -0.15) is 0 Å². The summed E-state index contributed by atoms with van der Waals surface area (Å²) in [6.45, 7) is 2.23. The molecule has 110 valence electrons. The number of benzene rings is 2. The second kappa shape index (κ2) is 6.79. The summed E-state index contributed by atoms with van der Waals surface area (Å²) in [6.07, 6.45) is 0.741. The van der Waals surface area contributed by atoms with Crippen LogP contribution in [0.3, 0.4) is 0 Å². The van der Waals surface area contributed by atoms with Crippen molar-refractivity contribution in [2.45, 2.75) is 13.5 Å². The molecule has 0 aliphatic heterocycles. The van der Waals surface area contributed by atoms with E-state index >= 15 is 0 Å². The second-order valence-electron chi connectivity index (χ2n) is 4.55. The van der Waals surface area contributed by atoms with Crippen molar-refractivity contribution in [3.05, 3.63) is 53.1 Å². The van der Waals surface area contributed by atoms with Crippen LogP contribution in [0.4, 0.5) is 0 Å². The number of carbonyl (C=O) groups excluding carboxylic acids is 1. The maximum atomic E-state index is 11.3. The molecular formula is C17H18O4. The Morgan fingerprint density at radius 2 is 1.76 bits per heavy atom. The van der Waals surface area contributed by atoms with Gasteiger partial charge in [-0.25, -0.2) is 0 Å². The summed E-state index contributed by atoms with van der Waals surface area (Å²) in [4.78, 5) is 11.3. The number of rotatable bonds is 6. The van der Waals surface area contributed by atoms with Crippen molar-refractivity contribution >= 4 is 6.29 Å². The fourth-order valence-corrected chi connectivity index (χ4v) is 2.15. The van der Waals surface area contributed by atoms with Gasteiger partial charge in [0.1, 0.15) is 12.4 Å². The molecule has 0 saturated carbocycles. The quantitative estimate of drug-likeness (QED) is 0.763. The average molecular weight is 286 g/mol. The Morgan fingerprint density at radius 1 is 1.05 bits per heavy atom. The SMILES string of the molecule is COc1cc(C=O)c(OCc2ccccc2)c(OC)c1C. The first-order valence-electron chi connectivity index (χ1n) is 6.58. The van der Waals surface area contributed by atoms with Crippen LogP contribution in [0.15, 0.2) is 36.4 Å². The first-order chi connectivity index (χ1) is 10.2. The van der Waals surface area contributed by atoms with E-state index in [1.54, 1.807) is 20.3 Å². The van der Waals surface area contributed by atoms with Crippen LogP contribution >= 0.6 is 0 Å². The Labute approximate surface area is 124 Å². The van der Waals surface area contributed by atoms with E-state index in [0.717, 1.165) is 17.4 Å². The Bertz CT molecular complexity index is 620. The third kappa shape index (κ3) is 3.16. The van der Waals surface area contributed by atoms with Crippen LogP contribution < -0.4 is 14.2 Å². The van der Waals surface area contributed by atoms with Gasteiger partial charge < -0.3 is 14.2 Å². The molecule has 0 heterocycles. The standard InChI is InChI=1S/C17H18O4/c1-12-15(19-2)9-14(10-18)17(16(12)20-3)21-11-13-7-5-4-6-8-13/h4-10H,11H2,1-3H3. The van der Waals surface area contributed by atoms with Crippen LogP contribution in [-0.2, 0) is 6.61 Å². The third-order valence-electron chi connectivity index (χ3n) is 3.24. The molecule has 0 aliphatic carbocycles. The van der Waals surface area contributed by atoms with Gasteiger partial charge in [-0.15, -0.1) is 0 Å². The summed E-state index contributed by atoms with van der Waals surface area (Å²) < 4.78 is 16.4. The Kier molecular flexibility index (Phi) is 4.82. The van der Waals surface area contributed by atoms with E-state index < -0.39 is 0 Å². The molecule has 4 heteroatoms. The van der Waals surface area contributed by atoms with Gasteiger partial charge in [0.2, 0.25) is 0 Å². The normalized spacial score (nSPS) is 10.0. The predicted octanol–water partition coefficient (Wildman–Crippen LogP) is 3.40. The van der Waals surface area contributed by atoms with E-state index in [9.17, 15) is 4.79 Å². The lowest BCUT2D eigenvalue weighted by Gasteiger charge is -2.17. The van der Waals surface area contributed by atoms with E-state index in [-0.39, 0.29) is 0 Å². The van der Waals surface area contributed by atoms with Crippen LogP contribution in [0.5, 0.6) is 17.2 Å². The van der Waals surface area contributed by atoms with Gasteiger partial charge in [0.25, 0.3) is 0 Å². The fourth-order valence-electron chi connectivity index (χ4n) is 2.15. The molecule has 4 nitrogen and oxygen atoms in total. The van der Waals surface area contributed by atoms with Gasteiger partial charge in [0.15, 0.2) is 17.8 Å². The molecule has 0 aromatic heterocycles. The lowest BCUT2D eigenvalue weighted by atomic mass is 10.1. The Hall–Kier alpha value is -2.49. The van der Waals surface area contributed by atoms with Gasteiger partial charge in [0.05, 0.1) is 19.8 Å². The molecule has 0 saturated heterocycles. The summed E-state index contributed by atoms with van der Waals surface area (Å²) in [5.41, 5.74) is 2.23. The molecule has 2 rings (SSSR count). The zero-order chi connectivity index (χ0) is 15.2. The minimum absolute atomic E-state index is 0.365. The van der Waals surface area contributed by atoms with Crippen molar-refractivity contribution in [3.63, 3.8) is 0 Å². The number of ether oxygens (including phenoxy) is 3. The topological polar surface area (TPSA) is 44.8 Å². The Balaban J connectivity index is 2.37. The zero-order valence-electron chi connectivity index (χ0n) is 12.4. The lowest BCUT2D eigenvalue weighted by molar-refractivity contribution is 0.111. The summed E-state index contributed by atoms with van der Waals surface area (Å²) in [5, 5.41) is 0. The van der Waals surface area contributed by atoms with E-state index in [1.165, 1.54) is 0 Å². The smallest absolute Gasteiger partial charge is 0.172 e. The molecular weight excluding hydrogens is 268 g/mol. The largest absolute Gasteiger partial charge is 0.496 e. The molecule has 0 aliphatic rings. The van der Waals surface area contributed by atoms with E-state index in [0.29, 0.717) is 29.4 Å². The first kappa shape index (κ1) is 14.9.